The number of fused-ring (bicyclic) bond motifs is 1. The number of hydrogen-bond acceptors (Lipinski definition) is 9. The monoisotopic (exact) mass is 405 g/mol. The van der Waals surface area contributed by atoms with Crippen LogP contribution in [0, 0.1) is 5.92 Å². The Morgan fingerprint density at radius 3 is 2.71 bits per heavy atom. The molecule has 0 bridgehead atoms. The van der Waals surface area contributed by atoms with Crippen molar-refractivity contribution in [2.24, 2.45) is 5.92 Å². The summed E-state index contributed by atoms with van der Waals surface area (Å²) >= 11 is 0. The number of aromatic nitrogens is 4. The molecule has 0 amide bonds. The molecule has 0 aliphatic carbocycles. The highest BCUT2D eigenvalue weighted by Gasteiger charge is 2.53. The fraction of sp³-hybridized carbons (Fsp3) is 0.667. The van der Waals surface area contributed by atoms with Gasteiger partial charge in [-0.3, -0.25) is 9.30 Å². The van der Waals surface area contributed by atoms with Crippen LogP contribution in [0.25, 0.3) is 11.2 Å². The van der Waals surface area contributed by atoms with Crippen molar-refractivity contribution in [1.29, 1.82) is 0 Å². The summed E-state index contributed by atoms with van der Waals surface area (Å²) in [6, 6.07) is 0. The Morgan fingerprint density at radius 2 is 2.04 bits per heavy atom. The van der Waals surface area contributed by atoms with Gasteiger partial charge in [0, 0.05) is 12.5 Å². The molecule has 13 heteroatoms. The van der Waals surface area contributed by atoms with E-state index < -0.39 is 42.9 Å². The van der Waals surface area contributed by atoms with E-state index in [-0.39, 0.29) is 30.2 Å². The summed E-state index contributed by atoms with van der Waals surface area (Å²) in [5, 5.41) is 20.9. The zero-order valence-electron chi connectivity index (χ0n) is 14.4. The lowest BCUT2D eigenvalue weighted by molar-refractivity contribution is -0.361. The highest BCUT2D eigenvalue weighted by atomic mass is 19.4. The number of imidazole rings is 1. The predicted molar refractivity (Wildman–Crippen MR) is 85.5 cm³/mol. The Bertz CT molecular complexity index is 843. The number of nitrogens with zero attached hydrogens (tertiary/aromatic N) is 4. The molecule has 2 aliphatic rings. The summed E-state index contributed by atoms with van der Waals surface area (Å²) in [5.74, 6) is -0.556. The van der Waals surface area contributed by atoms with E-state index in [0.717, 1.165) is 0 Å². The van der Waals surface area contributed by atoms with E-state index in [2.05, 4.69) is 19.7 Å². The van der Waals surface area contributed by atoms with Crippen LogP contribution in [-0.4, -0.2) is 73.7 Å². The number of anilines is 1. The summed E-state index contributed by atoms with van der Waals surface area (Å²) in [7, 11) is 0. The van der Waals surface area contributed by atoms with Crippen LogP contribution in [0.3, 0.4) is 0 Å². The van der Waals surface area contributed by atoms with Gasteiger partial charge < -0.3 is 25.4 Å². The van der Waals surface area contributed by atoms with Gasteiger partial charge in [-0.15, -0.1) is 13.2 Å². The van der Waals surface area contributed by atoms with Crippen molar-refractivity contribution in [2.75, 3.05) is 18.9 Å². The van der Waals surface area contributed by atoms with E-state index in [1.807, 2.05) is 0 Å². The molecule has 6 atom stereocenters. The van der Waals surface area contributed by atoms with Gasteiger partial charge in [0.25, 0.3) is 0 Å². The number of aliphatic hydroxyl groups is 2. The molecule has 1 unspecified atom stereocenters. The number of aliphatic hydroxyl groups excluding tert-OH is 2. The maximum Gasteiger partial charge on any atom is 0.522 e. The van der Waals surface area contributed by atoms with Crippen LogP contribution < -0.4 is 5.73 Å². The Kier molecular flexibility index (Phi) is 4.87. The third-order valence-electron chi connectivity index (χ3n) is 4.96. The number of nitrogens with two attached hydrogens (primary N) is 1. The predicted octanol–water partition coefficient (Wildman–Crippen LogP) is -0.0308. The van der Waals surface area contributed by atoms with E-state index in [1.54, 1.807) is 0 Å². The molecule has 0 spiro atoms. The summed E-state index contributed by atoms with van der Waals surface area (Å²) in [4.78, 5) is 11.9. The molecular formula is C15H18F3N5O5. The normalized spacial score (nSPS) is 32.2. The van der Waals surface area contributed by atoms with Crippen molar-refractivity contribution >= 4 is 17.0 Å². The molecule has 0 aromatic carbocycles. The van der Waals surface area contributed by atoms with Crippen LogP contribution in [0.15, 0.2) is 12.7 Å². The first-order valence-corrected chi connectivity index (χ1v) is 8.53. The SMILES string of the molecule is Nc1ncnc2c1ncn2[C@@H]1O[C@H](C(OC(F)(F)F)[C@@H]2CCOC2)[C@@H](O)[C@H]1O. The molecule has 4 heterocycles. The van der Waals surface area contributed by atoms with Gasteiger partial charge in [0.15, 0.2) is 17.7 Å². The van der Waals surface area contributed by atoms with E-state index in [0.29, 0.717) is 6.42 Å². The van der Waals surface area contributed by atoms with Crippen molar-refractivity contribution in [3.05, 3.63) is 12.7 Å². The van der Waals surface area contributed by atoms with Gasteiger partial charge in [0.1, 0.15) is 36.3 Å². The molecular weight excluding hydrogens is 387 g/mol. The number of alkyl halides is 3. The van der Waals surface area contributed by atoms with Gasteiger partial charge in [-0.25, -0.2) is 15.0 Å². The van der Waals surface area contributed by atoms with Crippen molar-refractivity contribution in [3.63, 3.8) is 0 Å². The standard InChI is InChI=1S/C15H18F3N5O5/c16-15(17,18)28-10(6-1-2-26-3-6)11-8(24)9(25)14(27-11)23-5-22-7-12(19)20-4-21-13(7)23/h4-6,8-11,14,24-25H,1-3H2,(H2,19,20,21)/t6-,8+,9-,10?,11+,14-/m1/s1. The average Bonchev–Trinajstić information content (AvgIpc) is 3.34. The maximum atomic E-state index is 13.0. The zero-order valence-corrected chi connectivity index (χ0v) is 14.4. The number of hydrogen-bond donors (Lipinski definition) is 3. The molecule has 10 nitrogen and oxygen atoms in total. The van der Waals surface area contributed by atoms with Gasteiger partial charge in [0.2, 0.25) is 0 Å². The maximum absolute atomic E-state index is 13.0. The minimum atomic E-state index is -4.94. The molecule has 4 N–H and O–H groups in total. The van der Waals surface area contributed by atoms with Crippen molar-refractivity contribution in [2.45, 2.75) is 43.4 Å². The second kappa shape index (κ2) is 7.08. The largest absolute Gasteiger partial charge is 0.522 e. The summed E-state index contributed by atoms with van der Waals surface area (Å²) in [6.45, 7) is 0.311. The molecule has 2 aliphatic heterocycles. The van der Waals surface area contributed by atoms with E-state index >= 15 is 0 Å². The molecule has 154 valence electrons. The van der Waals surface area contributed by atoms with Gasteiger partial charge in [-0.1, -0.05) is 0 Å². The van der Waals surface area contributed by atoms with E-state index in [1.165, 1.54) is 17.2 Å². The minimum Gasteiger partial charge on any atom is -0.387 e. The summed E-state index contributed by atoms with van der Waals surface area (Å²) < 4.78 is 55.2. The van der Waals surface area contributed by atoms with Crippen LogP contribution in [0.4, 0.5) is 19.0 Å². The second-order valence-electron chi connectivity index (χ2n) is 6.71. The third-order valence-corrected chi connectivity index (χ3v) is 4.96. The topological polar surface area (TPSA) is 138 Å². The van der Waals surface area contributed by atoms with Gasteiger partial charge >= 0.3 is 6.36 Å². The molecule has 4 rings (SSSR count). The summed E-state index contributed by atoms with van der Waals surface area (Å²) in [6.07, 6.45) is -9.59. The van der Waals surface area contributed by atoms with Gasteiger partial charge in [-0.2, -0.15) is 0 Å². The van der Waals surface area contributed by atoms with Crippen LogP contribution >= 0.6 is 0 Å². The lowest BCUT2D eigenvalue weighted by Crippen LogP contribution is -2.46. The van der Waals surface area contributed by atoms with Crippen LogP contribution in [0.2, 0.25) is 0 Å². The van der Waals surface area contributed by atoms with Crippen molar-refractivity contribution in [1.82, 2.24) is 19.5 Å². The lowest BCUT2D eigenvalue weighted by Gasteiger charge is -2.30. The number of halogens is 3. The third kappa shape index (κ3) is 3.39. The number of ether oxygens (including phenoxy) is 3. The average molecular weight is 405 g/mol. The Hall–Kier alpha value is -2.06. The molecule has 2 aromatic heterocycles. The molecule has 0 saturated carbocycles. The number of nitrogen functional groups attached to an aromatic ring is 1. The molecule has 28 heavy (non-hydrogen) atoms. The first-order chi connectivity index (χ1) is 13.3. The Labute approximate surface area is 156 Å². The van der Waals surface area contributed by atoms with Gasteiger partial charge in [-0.05, 0) is 6.42 Å². The van der Waals surface area contributed by atoms with Crippen molar-refractivity contribution < 1.29 is 37.6 Å². The first-order valence-electron chi connectivity index (χ1n) is 8.53. The van der Waals surface area contributed by atoms with Crippen LogP contribution in [-0.2, 0) is 14.2 Å². The molecule has 0 radical (unpaired) electrons. The highest BCUT2D eigenvalue weighted by Crippen LogP contribution is 2.39. The molecule has 2 aromatic rings. The highest BCUT2D eigenvalue weighted by molar-refractivity contribution is 5.81. The molecule has 2 saturated heterocycles. The van der Waals surface area contributed by atoms with E-state index in [4.69, 9.17) is 15.2 Å². The molecule has 2 fully saturated rings. The van der Waals surface area contributed by atoms with Crippen molar-refractivity contribution in [3.8, 4) is 0 Å². The van der Waals surface area contributed by atoms with Crippen LogP contribution in [0.5, 0.6) is 0 Å². The minimum absolute atomic E-state index is 0.0336. The Balaban J connectivity index is 1.64. The van der Waals surface area contributed by atoms with E-state index in [9.17, 15) is 23.4 Å². The fourth-order valence-corrected chi connectivity index (χ4v) is 3.64. The first kappa shape index (κ1) is 19.3. The number of rotatable bonds is 4. The van der Waals surface area contributed by atoms with Crippen LogP contribution in [0.1, 0.15) is 12.6 Å². The quantitative estimate of drug-likeness (QED) is 0.640. The smallest absolute Gasteiger partial charge is 0.387 e. The lowest BCUT2D eigenvalue weighted by atomic mass is 9.93. The van der Waals surface area contributed by atoms with Gasteiger partial charge in [0.05, 0.1) is 12.9 Å². The summed E-state index contributed by atoms with van der Waals surface area (Å²) in [5.41, 5.74) is 6.17. The second-order valence-corrected chi connectivity index (χ2v) is 6.71. The fourth-order valence-electron chi connectivity index (χ4n) is 3.64. The Morgan fingerprint density at radius 1 is 1.25 bits per heavy atom. The zero-order chi connectivity index (χ0) is 20.1.